The molecule has 1 aliphatic rings. The second-order valence-corrected chi connectivity index (χ2v) is 8.47. The van der Waals surface area contributed by atoms with E-state index in [1.54, 1.807) is 12.4 Å². The predicted octanol–water partition coefficient (Wildman–Crippen LogP) is 7.00. The van der Waals surface area contributed by atoms with E-state index in [1.807, 2.05) is 24.3 Å². The van der Waals surface area contributed by atoms with E-state index in [-0.39, 0.29) is 5.41 Å². The summed E-state index contributed by atoms with van der Waals surface area (Å²) in [5.41, 5.74) is 7.46. The maximum atomic E-state index is 6.36. The van der Waals surface area contributed by atoms with Gasteiger partial charge in [0.25, 0.3) is 0 Å². The Balaban J connectivity index is 1.86. The van der Waals surface area contributed by atoms with Crippen molar-refractivity contribution >= 4 is 33.5 Å². The first-order chi connectivity index (χ1) is 14.1. The minimum absolute atomic E-state index is 0.125. The van der Waals surface area contributed by atoms with Crippen molar-refractivity contribution in [1.82, 2.24) is 9.97 Å². The Morgan fingerprint density at radius 2 is 1.66 bits per heavy atom. The fraction of sp³-hybridized carbons (Fsp3) is 0.120. The van der Waals surface area contributed by atoms with Gasteiger partial charge in [0.15, 0.2) is 5.82 Å². The number of hydrogen-bond acceptors (Lipinski definition) is 3. The molecule has 2 heterocycles. The highest BCUT2D eigenvalue weighted by molar-refractivity contribution is 6.31. The molecule has 0 bridgehead atoms. The minimum Gasteiger partial charge on any atom is -0.455 e. The van der Waals surface area contributed by atoms with Crippen LogP contribution in [-0.4, -0.2) is 9.97 Å². The molecule has 5 aromatic rings. The molecule has 0 amide bonds. The van der Waals surface area contributed by atoms with Gasteiger partial charge in [-0.2, -0.15) is 0 Å². The van der Waals surface area contributed by atoms with Gasteiger partial charge >= 0.3 is 0 Å². The van der Waals surface area contributed by atoms with Crippen LogP contribution in [0.15, 0.2) is 71.4 Å². The smallest absolute Gasteiger partial charge is 0.162 e. The number of rotatable bonds is 1. The molecule has 140 valence electrons. The van der Waals surface area contributed by atoms with E-state index in [9.17, 15) is 0 Å². The van der Waals surface area contributed by atoms with Gasteiger partial charge in [-0.1, -0.05) is 49.7 Å². The van der Waals surface area contributed by atoms with Gasteiger partial charge in [0.05, 0.1) is 5.56 Å². The number of fused-ring (bicyclic) bond motifs is 7. The van der Waals surface area contributed by atoms with Crippen LogP contribution in [-0.2, 0) is 5.41 Å². The van der Waals surface area contributed by atoms with E-state index in [0.717, 1.165) is 27.5 Å². The Bertz CT molecular complexity index is 1430. The summed E-state index contributed by atoms with van der Waals surface area (Å²) in [6.45, 7) is 4.55. The van der Waals surface area contributed by atoms with E-state index < -0.39 is 0 Å². The Labute approximate surface area is 173 Å². The Kier molecular flexibility index (Phi) is 3.28. The molecule has 3 aromatic carbocycles. The number of furan rings is 1. The largest absolute Gasteiger partial charge is 0.455 e. The number of halogens is 1. The SMILES string of the molecule is CC1(C)c2ccccc2-c2c1cc(-c1ncccn1)c1oc3cc(Cl)ccc3c21. The molecule has 4 heteroatoms. The molecule has 1 aliphatic carbocycles. The zero-order valence-electron chi connectivity index (χ0n) is 16.0. The summed E-state index contributed by atoms with van der Waals surface area (Å²) in [4.78, 5) is 9.02. The molecule has 0 fully saturated rings. The van der Waals surface area contributed by atoms with Crippen LogP contribution in [0.3, 0.4) is 0 Å². The lowest BCUT2D eigenvalue weighted by Gasteiger charge is -2.22. The average Bonchev–Trinajstić information content (AvgIpc) is 3.21. The van der Waals surface area contributed by atoms with Gasteiger partial charge in [0.1, 0.15) is 11.2 Å². The summed E-state index contributed by atoms with van der Waals surface area (Å²) >= 11 is 6.26. The summed E-state index contributed by atoms with van der Waals surface area (Å²) in [6.07, 6.45) is 3.53. The van der Waals surface area contributed by atoms with Crippen LogP contribution in [0.25, 0.3) is 44.5 Å². The number of nitrogens with zero attached hydrogens (tertiary/aromatic N) is 2. The summed E-state index contributed by atoms with van der Waals surface area (Å²) in [5.74, 6) is 0.664. The minimum atomic E-state index is -0.125. The predicted molar refractivity (Wildman–Crippen MR) is 117 cm³/mol. The summed E-state index contributed by atoms with van der Waals surface area (Å²) in [5, 5.41) is 2.83. The van der Waals surface area contributed by atoms with Crippen LogP contribution in [0.5, 0.6) is 0 Å². The maximum Gasteiger partial charge on any atom is 0.162 e. The molecule has 2 aromatic heterocycles. The fourth-order valence-corrected chi connectivity index (χ4v) is 4.86. The summed E-state index contributed by atoms with van der Waals surface area (Å²) in [6, 6.07) is 18.5. The normalized spacial score (nSPS) is 14.3. The molecule has 0 saturated heterocycles. The quantitative estimate of drug-likeness (QED) is 0.306. The molecule has 0 saturated carbocycles. The van der Waals surface area contributed by atoms with E-state index in [2.05, 4.69) is 54.1 Å². The highest BCUT2D eigenvalue weighted by atomic mass is 35.5. The molecule has 0 unspecified atom stereocenters. The van der Waals surface area contributed by atoms with Crippen molar-refractivity contribution in [3.05, 3.63) is 83.1 Å². The van der Waals surface area contributed by atoms with Crippen LogP contribution >= 0.6 is 11.6 Å². The Hall–Kier alpha value is -3.17. The number of aromatic nitrogens is 2. The molecule has 0 spiro atoms. The second kappa shape index (κ2) is 5.68. The molecular weight excluding hydrogens is 380 g/mol. The van der Waals surface area contributed by atoms with Crippen molar-refractivity contribution in [2.45, 2.75) is 19.3 Å². The lowest BCUT2D eigenvalue weighted by molar-refractivity contribution is 0.657. The first-order valence-electron chi connectivity index (χ1n) is 9.62. The zero-order valence-corrected chi connectivity index (χ0v) is 16.8. The van der Waals surface area contributed by atoms with Crippen LogP contribution in [0, 0.1) is 0 Å². The van der Waals surface area contributed by atoms with Crippen molar-refractivity contribution < 1.29 is 4.42 Å². The van der Waals surface area contributed by atoms with Crippen molar-refractivity contribution in [2.24, 2.45) is 0 Å². The van der Waals surface area contributed by atoms with Crippen LogP contribution in [0.1, 0.15) is 25.0 Å². The molecule has 0 radical (unpaired) electrons. The highest BCUT2D eigenvalue weighted by Crippen LogP contribution is 2.54. The highest BCUT2D eigenvalue weighted by Gasteiger charge is 2.38. The topological polar surface area (TPSA) is 38.9 Å². The maximum absolute atomic E-state index is 6.36. The van der Waals surface area contributed by atoms with Gasteiger partial charge in [0, 0.05) is 39.7 Å². The molecule has 3 nitrogen and oxygen atoms in total. The summed E-state index contributed by atoms with van der Waals surface area (Å²) in [7, 11) is 0. The van der Waals surface area contributed by atoms with Crippen molar-refractivity contribution in [1.29, 1.82) is 0 Å². The Morgan fingerprint density at radius 1 is 0.862 bits per heavy atom. The summed E-state index contributed by atoms with van der Waals surface area (Å²) < 4.78 is 6.36. The lowest BCUT2D eigenvalue weighted by Crippen LogP contribution is -2.15. The monoisotopic (exact) mass is 396 g/mol. The molecule has 29 heavy (non-hydrogen) atoms. The fourth-order valence-electron chi connectivity index (χ4n) is 4.69. The van der Waals surface area contributed by atoms with Gasteiger partial charge < -0.3 is 4.42 Å². The van der Waals surface area contributed by atoms with Gasteiger partial charge in [-0.15, -0.1) is 0 Å². The van der Waals surface area contributed by atoms with E-state index >= 15 is 0 Å². The molecular formula is C25H17ClN2O. The van der Waals surface area contributed by atoms with Crippen molar-refractivity contribution in [3.8, 4) is 22.5 Å². The standard InChI is InChI=1S/C25H17ClN2O/c1-25(2)18-7-4-3-6-15(18)21-19(25)13-17(24-27-10-5-11-28-24)23-22(21)16-9-8-14(26)12-20(16)29-23/h3-13H,1-2H3. The third kappa shape index (κ3) is 2.19. The third-order valence-corrected chi connectivity index (χ3v) is 6.29. The lowest BCUT2D eigenvalue weighted by atomic mass is 9.81. The van der Waals surface area contributed by atoms with Gasteiger partial charge in [-0.05, 0) is 46.5 Å². The zero-order chi connectivity index (χ0) is 19.8. The first-order valence-corrected chi connectivity index (χ1v) is 10.00. The van der Waals surface area contributed by atoms with E-state index in [1.165, 1.54) is 22.3 Å². The molecule has 0 aliphatic heterocycles. The first kappa shape index (κ1) is 16.8. The van der Waals surface area contributed by atoms with Crippen LogP contribution in [0.2, 0.25) is 5.02 Å². The van der Waals surface area contributed by atoms with Gasteiger partial charge in [-0.3, -0.25) is 0 Å². The molecule has 0 atom stereocenters. The van der Waals surface area contributed by atoms with E-state index in [4.69, 9.17) is 16.0 Å². The van der Waals surface area contributed by atoms with Gasteiger partial charge in [-0.25, -0.2) is 9.97 Å². The van der Waals surface area contributed by atoms with Crippen molar-refractivity contribution in [3.63, 3.8) is 0 Å². The third-order valence-electron chi connectivity index (χ3n) is 6.05. The number of benzene rings is 3. The number of hydrogen-bond donors (Lipinski definition) is 0. The van der Waals surface area contributed by atoms with Gasteiger partial charge in [0.2, 0.25) is 0 Å². The second-order valence-electron chi connectivity index (χ2n) is 8.04. The Morgan fingerprint density at radius 3 is 2.48 bits per heavy atom. The van der Waals surface area contributed by atoms with E-state index in [0.29, 0.717) is 10.8 Å². The van der Waals surface area contributed by atoms with Crippen LogP contribution < -0.4 is 0 Å². The molecule has 6 rings (SSSR count). The molecule has 0 N–H and O–H groups in total. The average molecular weight is 397 g/mol. The van der Waals surface area contributed by atoms with Crippen molar-refractivity contribution in [2.75, 3.05) is 0 Å². The van der Waals surface area contributed by atoms with Crippen LogP contribution in [0.4, 0.5) is 0 Å².